The molecule has 1 aromatic heterocycles. The zero-order chi connectivity index (χ0) is 11.3. The molecular formula is C12H13I2N. The van der Waals surface area contributed by atoms with Gasteiger partial charge < -0.3 is 0 Å². The van der Waals surface area contributed by atoms with Gasteiger partial charge in [-0.1, -0.05) is 47.2 Å². The average Bonchev–Trinajstić information content (AvgIpc) is 2.20. The zero-order valence-corrected chi connectivity index (χ0v) is 13.1. The van der Waals surface area contributed by atoms with Gasteiger partial charge in [-0.3, -0.25) is 0 Å². The molecule has 0 fully saturated rings. The Morgan fingerprint density at radius 2 is 1.87 bits per heavy atom. The van der Waals surface area contributed by atoms with E-state index in [1.807, 2.05) is 6.07 Å². The Balaban J connectivity index is 0.000000337. The molecule has 0 saturated heterocycles. The van der Waals surface area contributed by atoms with E-state index in [9.17, 15) is 0 Å². The predicted molar refractivity (Wildman–Crippen MR) is 83.8 cm³/mol. The Morgan fingerprint density at radius 3 is 2.53 bits per heavy atom. The summed E-state index contributed by atoms with van der Waals surface area (Å²) in [4.78, 5) is 4.40. The van der Waals surface area contributed by atoms with Crippen LogP contribution in [0.5, 0.6) is 0 Å². The minimum atomic E-state index is 1.05. The molecule has 0 N–H and O–H groups in total. The lowest BCUT2D eigenvalue weighted by Crippen LogP contribution is -1.82. The number of hydrogen-bond donors (Lipinski definition) is 0. The van der Waals surface area contributed by atoms with Gasteiger partial charge in [0.1, 0.15) is 3.70 Å². The zero-order valence-electron chi connectivity index (χ0n) is 8.80. The summed E-state index contributed by atoms with van der Waals surface area (Å²) in [6, 6.07) is 10.4. The van der Waals surface area contributed by atoms with Crippen molar-refractivity contribution in [3.8, 4) is 0 Å². The third-order valence-electron chi connectivity index (χ3n) is 1.81. The van der Waals surface area contributed by atoms with E-state index in [0.29, 0.717) is 0 Å². The van der Waals surface area contributed by atoms with Gasteiger partial charge in [0.05, 0.1) is 5.52 Å². The fraction of sp³-hybridized carbons (Fsp3) is 0.250. The molecule has 0 spiro atoms. The number of rotatable bonds is 0. The Hall–Kier alpha value is 0.0900. The number of nitrogens with zero attached hydrogens (tertiary/aromatic N) is 1. The lowest BCUT2D eigenvalue weighted by molar-refractivity contribution is 1.34. The van der Waals surface area contributed by atoms with Crippen LogP contribution in [-0.2, 0) is 0 Å². The lowest BCUT2D eigenvalue weighted by Gasteiger charge is -1.98. The van der Waals surface area contributed by atoms with Gasteiger partial charge in [0.2, 0.25) is 0 Å². The highest BCUT2D eigenvalue weighted by atomic mass is 127. The maximum absolute atomic E-state index is 4.40. The minimum Gasteiger partial charge on any atom is -0.242 e. The molecule has 1 aromatic carbocycles. The van der Waals surface area contributed by atoms with Gasteiger partial charge in [-0.05, 0) is 52.1 Å². The largest absolute Gasteiger partial charge is 0.242 e. The van der Waals surface area contributed by atoms with Crippen molar-refractivity contribution in [1.29, 1.82) is 0 Å². The summed E-state index contributed by atoms with van der Waals surface area (Å²) in [6.45, 7) is 4.21. The van der Waals surface area contributed by atoms with Gasteiger partial charge in [-0.25, -0.2) is 4.98 Å². The van der Waals surface area contributed by atoms with Gasteiger partial charge >= 0.3 is 0 Å². The normalized spacial score (nSPS) is 9.60. The number of hydrogen-bond acceptors (Lipinski definition) is 1. The lowest BCUT2D eigenvalue weighted by atomic mass is 10.1. The SMILES string of the molecule is CCI.Cc1ccc2nc(I)ccc2c1. The van der Waals surface area contributed by atoms with Crippen LogP contribution in [0, 0.1) is 10.6 Å². The second-order valence-electron chi connectivity index (χ2n) is 3.10. The molecule has 0 aliphatic carbocycles. The van der Waals surface area contributed by atoms with E-state index in [-0.39, 0.29) is 0 Å². The van der Waals surface area contributed by atoms with E-state index in [2.05, 4.69) is 88.3 Å². The molecule has 3 heteroatoms. The maximum Gasteiger partial charge on any atom is 0.102 e. The average molecular weight is 425 g/mol. The number of fused-ring (bicyclic) bond motifs is 1. The van der Waals surface area contributed by atoms with Crippen LogP contribution in [0.4, 0.5) is 0 Å². The Bertz CT molecular complexity index is 399. The number of pyridine rings is 1. The van der Waals surface area contributed by atoms with Crippen LogP contribution < -0.4 is 0 Å². The van der Waals surface area contributed by atoms with Crippen LogP contribution in [0.25, 0.3) is 10.9 Å². The summed E-state index contributed by atoms with van der Waals surface area (Å²) in [5.41, 5.74) is 2.36. The molecule has 0 aliphatic rings. The Labute approximate surface area is 118 Å². The molecule has 0 atom stereocenters. The van der Waals surface area contributed by atoms with E-state index in [4.69, 9.17) is 0 Å². The van der Waals surface area contributed by atoms with Gasteiger partial charge in [0.15, 0.2) is 0 Å². The van der Waals surface area contributed by atoms with E-state index < -0.39 is 0 Å². The molecule has 2 rings (SSSR count). The first-order chi connectivity index (χ1) is 7.17. The Morgan fingerprint density at radius 1 is 1.20 bits per heavy atom. The quantitative estimate of drug-likeness (QED) is 0.342. The van der Waals surface area contributed by atoms with Crippen LogP contribution in [0.2, 0.25) is 0 Å². The first-order valence-corrected chi connectivity index (χ1v) is 7.36. The van der Waals surface area contributed by atoms with Crippen LogP contribution in [0.3, 0.4) is 0 Å². The van der Waals surface area contributed by atoms with Crippen LogP contribution in [0.1, 0.15) is 12.5 Å². The van der Waals surface area contributed by atoms with Crippen LogP contribution in [0.15, 0.2) is 30.3 Å². The number of benzene rings is 1. The van der Waals surface area contributed by atoms with Gasteiger partial charge in [0.25, 0.3) is 0 Å². The summed E-state index contributed by atoms with van der Waals surface area (Å²) >= 11 is 4.51. The second kappa shape index (κ2) is 6.62. The molecule has 15 heavy (non-hydrogen) atoms. The van der Waals surface area contributed by atoms with Gasteiger partial charge in [-0.2, -0.15) is 0 Å². The molecule has 0 aliphatic heterocycles. The summed E-state index contributed by atoms with van der Waals surface area (Å²) < 4.78 is 2.27. The highest BCUT2D eigenvalue weighted by Gasteiger charge is 1.94. The summed E-state index contributed by atoms with van der Waals surface area (Å²) in [5, 5.41) is 1.22. The summed E-state index contributed by atoms with van der Waals surface area (Å²) in [7, 11) is 0. The molecule has 0 unspecified atom stereocenters. The van der Waals surface area contributed by atoms with Crippen molar-refractivity contribution in [1.82, 2.24) is 4.98 Å². The van der Waals surface area contributed by atoms with Crippen molar-refractivity contribution in [3.63, 3.8) is 0 Å². The highest BCUT2D eigenvalue weighted by molar-refractivity contribution is 14.1. The van der Waals surface area contributed by atoms with Crippen molar-refractivity contribution >= 4 is 56.1 Å². The standard InChI is InChI=1S/C10H8IN.C2H5I/c1-7-2-4-9-8(6-7)3-5-10(11)12-9;1-2-3/h2-6H,1H3;2H2,1H3. The van der Waals surface area contributed by atoms with Gasteiger partial charge in [0, 0.05) is 5.39 Å². The Kier molecular flexibility index (Phi) is 5.81. The third kappa shape index (κ3) is 4.22. The minimum absolute atomic E-state index is 1.05. The first-order valence-electron chi connectivity index (χ1n) is 4.76. The molecule has 1 heterocycles. The topological polar surface area (TPSA) is 12.9 Å². The monoisotopic (exact) mass is 425 g/mol. The number of aromatic nitrogens is 1. The van der Waals surface area contributed by atoms with E-state index >= 15 is 0 Å². The number of alkyl halides is 1. The van der Waals surface area contributed by atoms with Crippen molar-refractivity contribution in [2.24, 2.45) is 0 Å². The van der Waals surface area contributed by atoms with Crippen molar-refractivity contribution in [2.75, 3.05) is 4.43 Å². The smallest absolute Gasteiger partial charge is 0.102 e. The molecule has 0 radical (unpaired) electrons. The van der Waals surface area contributed by atoms with E-state index in [1.54, 1.807) is 0 Å². The number of halogens is 2. The van der Waals surface area contributed by atoms with E-state index in [1.165, 1.54) is 15.4 Å². The second-order valence-corrected chi connectivity index (χ2v) is 5.73. The molecule has 2 aromatic rings. The highest BCUT2D eigenvalue weighted by Crippen LogP contribution is 2.14. The van der Waals surface area contributed by atoms with Crippen LogP contribution in [-0.4, -0.2) is 9.41 Å². The molecular weight excluding hydrogens is 412 g/mol. The number of aryl methyl sites for hydroxylation is 1. The van der Waals surface area contributed by atoms with Crippen molar-refractivity contribution in [2.45, 2.75) is 13.8 Å². The fourth-order valence-corrected chi connectivity index (χ4v) is 1.66. The van der Waals surface area contributed by atoms with Crippen LogP contribution >= 0.6 is 45.2 Å². The summed E-state index contributed by atoms with van der Waals surface area (Å²) in [6.07, 6.45) is 0. The molecule has 0 bridgehead atoms. The molecule has 80 valence electrons. The molecule has 0 amide bonds. The third-order valence-corrected chi connectivity index (χ3v) is 2.41. The van der Waals surface area contributed by atoms with Gasteiger partial charge in [-0.15, -0.1) is 0 Å². The molecule has 1 nitrogen and oxygen atoms in total. The fourth-order valence-electron chi connectivity index (χ4n) is 1.22. The predicted octanol–water partition coefficient (Wildman–Crippen LogP) is 4.59. The summed E-state index contributed by atoms with van der Waals surface area (Å²) in [5.74, 6) is 0. The van der Waals surface area contributed by atoms with Crippen molar-refractivity contribution < 1.29 is 0 Å². The van der Waals surface area contributed by atoms with Crippen molar-refractivity contribution in [3.05, 3.63) is 39.6 Å². The van der Waals surface area contributed by atoms with E-state index in [0.717, 1.165) is 9.22 Å². The first kappa shape index (κ1) is 13.2. The molecule has 0 saturated carbocycles. The maximum atomic E-state index is 4.40.